The zero-order chi connectivity index (χ0) is 24.6. The molecule has 0 atom stereocenters. The highest BCUT2D eigenvalue weighted by Crippen LogP contribution is 2.20. The number of ether oxygens (including phenoxy) is 1. The lowest BCUT2D eigenvalue weighted by atomic mass is 10.2. The molecule has 3 aromatic carbocycles. The minimum Gasteiger partial charge on any atom is -0.497 e. The highest BCUT2D eigenvalue weighted by atomic mass is 32.2. The quantitative estimate of drug-likeness (QED) is 0.364. The Labute approximate surface area is 197 Å². The molecule has 3 amide bonds. The number of rotatable bonds is 8. The zero-order valence-electron chi connectivity index (χ0n) is 18.5. The van der Waals surface area contributed by atoms with Crippen molar-refractivity contribution in [2.24, 2.45) is 0 Å². The van der Waals surface area contributed by atoms with E-state index >= 15 is 0 Å². The van der Waals surface area contributed by atoms with E-state index in [0.717, 1.165) is 0 Å². The number of benzene rings is 3. The smallest absolute Gasteiger partial charge is 0.318 e. The predicted molar refractivity (Wildman–Crippen MR) is 132 cm³/mol. The molecule has 3 rings (SSSR count). The van der Waals surface area contributed by atoms with Crippen LogP contribution in [-0.4, -0.2) is 34.5 Å². The van der Waals surface area contributed by atoms with E-state index < -0.39 is 10.0 Å². The van der Waals surface area contributed by atoms with Gasteiger partial charge in [-0.05, 0) is 72.3 Å². The molecule has 0 aliphatic carbocycles. The summed E-state index contributed by atoms with van der Waals surface area (Å²) in [7, 11) is -0.711. The third kappa shape index (κ3) is 6.84. The van der Waals surface area contributed by atoms with Gasteiger partial charge in [0.2, 0.25) is 5.91 Å². The minimum absolute atomic E-state index is 0.0929. The molecule has 0 fully saturated rings. The van der Waals surface area contributed by atoms with Gasteiger partial charge in [-0.2, -0.15) is 0 Å². The maximum Gasteiger partial charge on any atom is 0.318 e. The molecule has 0 aliphatic rings. The van der Waals surface area contributed by atoms with Gasteiger partial charge in [-0.25, -0.2) is 13.2 Å². The molecule has 0 saturated carbocycles. The fraction of sp³-hybridized carbons (Fsp3) is 0.0833. The van der Waals surface area contributed by atoms with Crippen LogP contribution in [0.5, 0.6) is 5.75 Å². The molecule has 0 bridgehead atoms. The minimum atomic E-state index is -3.76. The van der Waals surface area contributed by atoms with Crippen molar-refractivity contribution in [2.45, 2.75) is 4.90 Å². The Kier molecular flexibility index (Phi) is 7.88. The number of amides is 3. The third-order valence-corrected chi connectivity index (χ3v) is 5.99. The summed E-state index contributed by atoms with van der Waals surface area (Å²) in [6, 6.07) is 19.0. The number of sulfonamides is 1. The van der Waals surface area contributed by atoms with E-state index in [1.807, 2.05) is 0 Å². The van der Waals surface area contributed by atoms with Gasteiger partial charge in [-0.15, -0.1) is 0 Å². The van der Waals surface area contributed by atoms with Crippen molar-refractivity contribution in [3.63, 3.8) is 0 Å². The van der Waals surface area contributed by atoms with E-state index in [0.29, 0.717) is 28.4 Å². The average Bonchev–Trinajstić information content (AvgIpc) is 2.84. The van der Waals surface area contributed by atoms with Crippen LogP contribution in [0.25, 0.3) is 6.08 Å². The lowest BCUT2D eigenvalue weighted by Crippen LogP contribution is -2.24. The molecule has 0 heterocycles. The number of hydrogen-bond donors (Lipinski definition) is 4. The summed E-state index contributed by atoms with van der Waals surface area (Å²) in [5, 5.41) is 7.78. The largest absolute Gasteiger partial charge is 0.497 e. The van der Waals surface area contributed by atoms with Gasteiger partial charge >= 0.3 is 6.03 Å². The van der Waals surface area contributed by atoms with Gasteiger partial charge in [0.1, 0.15) is 5.75 Å². The molecule has 176 valence electrons. The van der Waals surface area contributed by atoms with Gasteiger partial charge in [0, 0.05) is 30.2 Å². The van der Waals surface area contributed by atoms with E-state index in [4.69, 9.17) is 4.74 Å². The molecule has 0 aliphatic heterocycles. The second kappa shape index (κ2) is 11.0. The fourth-order valence-electron chi connectivity index (χ4n) is 2.82. The Hall–Kier alpha value is -4.31. The SMILES string of the molecule is CNC(=O)Nc1ccc(NC(=O)/C=C/c2ccc(S(=O)(=O)Nc3ccc(OC)cc3)cc2)cc1. The zero-order valence-corrected chi connectivity index (χ0v) is 19.3. The van der Waals surface area contributed by atoms with Crippen LogP contribution in [0, 0.1) is 0 Å². The Morgan fingerprint density at radius 2 is 1.35 bits per heavy atom. The van der Waals surface area contributed by atoms with Crippen molar-refractivity contribution in [3.8, 4) is 5.75 Å². The molecule has 9 nitrogen and oxygen atoms in total. The van der Waals surface area contributed by atoms with Crippen LogP contribution in [0.2, 0.25) is 0 Å². The number of methoxy groups -OCH3 is 1. The second-order valence-electron chi connectivity index (χ2n) is 7.01. The first-order chi connectivity index (χ1) is 16.3. The monoisotopic (exact) mass is 480 g/mol. The van der Waals surface area contributed by atoms with Crippen molar-refractivity contribution < 1.29 is 22.7 Å². The fourth-order valence-corrected chi connectivity index (χ4v) is 3.88. The third-order valence-electron chi connectivity index (χ3n) is 4.60. The van der Waals surface area contributed by atoms with Crippen LogP contribution in [-0.2, 0) is 14.8 Å². The molecule has 0 aromatic heterocycles. The summed E-state index contributed by atoms with van der Waals surface area (Å²) in [5.74, 6) is 0.267. The van der Waals surface area contributed by atoms with Crippen molar-refractivity contribution >= 4 is 45.1 Å². The Morgan fingerprint density at radius 1 is 0.794 bits per heavy atom. The Morgan fingerprint density at radius 3 is 1.91 bits per heavy atom. The first kappa shape index (κ1) is 24.3. The van der Waals surface area contributed by atoms with Gasteiger partial charge in [0.05, 0.1) is 12.0 Å². The lowest BCUT2D eigenvalue weighted by Gasteiger charge is -2.09. The van der Waals surface area contributed by atoms with Crippen LogP contribution >= 0.6 is 0 Å². The van der Waals surface area contributed by atoms with Gasteiger partial charge < -0.3 is 20.7 Å². The topological polar surface area (TPSA) is 126 Å². The van der Waals surface area contributed by atoms with Gasteiger partial charge in [0.25, 0.3) is 10.0 Å². The highest BCUT2D eigenvalue weighted by Gasteiger charge is 2.14. The molecule has 0 radical (unpaired) electrons. The van der Waals surface area contributed by atoms with Gasteiger partial charge in [-0.3, -0.25) is 9.52 Å². The molecule has 0 saturated heterocycles. The van der Waals surface area contributed by atoms with Crippen molar-refractivity contribution in [2.75, 3.05) is 29.5 Å². The number of hydrogen-bond acceptors (Lipinski definition) is 5. The normalized spacial score (nSPS) is 11.0. The van der Waals surface area contributed by atoms with Crippen molar-refractivity contribution in [3.05, 3.63) is 84.4 Å². The number of nitrogens with one attached hydrogen (secondary N) is 4. The number of anilines is 3. The molecule has 3 aromatic rings. The standard InChI is InChI=1S/C24H24N4O5S/c1-25-24(30)27-19-8-6-18(7-9-19)26-23(29)16-5-17-3-14-22(15-4-17)34(31,32)28-20-10-12-21(33-2)13-11-20/h3-16,28H,1-2H3,(H,26,29)(H2,25,27,30)/b16-5+. The number of carbonyl (C=O) groups is 2. The van der Waals surface area contributed by atoms with E-state index in [1.165, 1.54) is 32.4 Å². The summed E-state index contributed by atoms with van der Waals surface area (Å²) in [6.45, 7) is 0. The van der Waals surface area contributed by atoms with E-state index in [1.54, 1.807) is 66.7 Å². The average molecular weight is 481 g/mol. The van der Waals surface area contributed by atoms with E-state index in [9.17, 15) is 18.0 Å². The predicted octanol–water partition coefficient (Wildman–Crippen LogP) is 3.90. The van der Waals surface area contributed by atoms with E-state index in [2.05, 4.69) is 20.7 Å². The molecule has 0 spiro atoms. The summed E-state index contributed by atoms with van der Waals surface area (Å²) in [4.78, 5) is 23.6. The summed E-state index contributed by atoms with van der Waals surface area (Å²) >= 11 is 0. The van der Waals surface area contributed by atoms with Crippen LogP contribution in [0.1, 0.15) is 5.56 Å². The van der Waals surface area contributed by atoms with Crippen LogP contribution < -0.4 is 25.4 Å². The van der Waals surface area contributed by atoms with Crippen molar-refractivity contribution in [1.82, 2.24) is 5.32 Å². The van der Waals surface area contributed by atoms with Crippen LogP contribution in [0.3, 0.4) is 0 Å². The second-order valence-corrected chi connectivity index (χ2v) is 8.69. The van der Waals surface area contributed by atoms with Crippen molar-refractivity contribution in [1.29, 1.82) is 0 Å². The maximum atomic E-state index is 12.6. The Bertz CT molecular complexity index is 1270. The van der Waals surface area contributed by atoms with Gasteiger partial charge in [0.15, 0.2) is 0 Å². The van der Waals surface area contributed by atoms with Crippen LogP contribution in [0.15, 0.2) is 83.8 Å². The van der Waals surface area contributed by atoms with E-state index in [-0.39, 0.29) is 16.8 Å². The lowest BCUT2D eigenvalue weighted by molar-refractivity contribution is -0.111. The molecular weight excluding hydrogens is 456 g/mol. The molecule has 4 N–H and O–H groups in total. The first-order valence-corrected chi connectivity index (χ1v) is 11.6. The van der Waals surface area contributed by atoms with Gasteiger partial charge in [-0.1, -0.05) is 12.1 Å². The molecule has 34 heavy (non-hydrogen) atoms. The molecule has 10 heteroatoms. The summed E-state index contributed by atoms with van der Waals surface area (Å²) in [6.07, 6.45) is 2.92. The molecular formula is C24H24N4O5S. The first-order valence-electron chi connectivity index (χ1n) is 10.1. The molecule has 0 unspecified atom stereocenters. The summed E-state index contributed by atoms with van der Waals surface area (Å²) in [5.41, 5.74) is 2.22. The maximum absolute atomic E-state index is 12.6. The highest BCUT2D eigenvalue weighted by molar-refractivity contribution is 7.92. The van der Waals surface area contributed by atoms with Crippen LogP contribution in [0.4, 0.5) is 21.9 Å². The number of urea groups is 1. The Balaban J connectivity index is 1.58. The number of carbonyl (C=O) groups excluding carboxylic acids is 2. The summed E-state index contributed by atoms with van der Waals surface area (Å²) < 4.78 is 32.7.